The van der Waals surface area contributed by atoms with Crippen LogP contribution in [-0.4, -0.2) is 24.5 Å². The molecule has 0 bridgehead atoms. The SMILES string of the molecule is O=C1CC[C@]2(CCNC2)N1. The van der Waals surface area contributed by atoms with Crippen LogP contribution in [0, 0.1) is 0 Å². The molecule has 2 saturated heterocycles. The van der Waals surface area contributed by atoms with Gasteiger partial charge in [-0.25, -0.2) is 0 Å². The van der Waals surface area contributed by atoms with E-state index in [9.17, 15) is 4.79 Å². The molecule has 1 amide bonds. The normalized spacial score (nSPS) is 39.0. The zero-order valence-electron chi connectivity index (χ0n) is 5.94. The van der Waals surface area contributed by atoms with Gasteiger partial charge >= 0.3 is 0 Å². The van der Waals surface area contributed by atoms with E-state index in [4.69, 9.17) is 0 Å². The number of carbonyl (C=O) groups excluding carboxylic acids is 1. The van der Waals surface area contributed by atoms with E-state index in [1.807, 2.05) is 0 Å². The Labute approximate surface area is 60.2 Å². The Kier molecular flexibility index (Phi) is 1.20. The predicted molar refractivity (Wildman–Crippen MR) is 37.6 cm³/mol. The Bertz CT molecular complexity index is 161. The molecule has 2 rings (SSSR count). The van der Waals surface area contributed by atoms with Gasteiger partial charge in [0.15, 0.2) is 0 Å². The Morgan fingerprint density at radius 2 is 2.30 bits per heavy atom. The van der Waals surface area contributed by atoms with Gasteiger partial charge in [-0.3, -0.25) is 4.79 Å². The summed E-state index contributed by atoms with van der Waals surface area (Å²) < 4.78 is 0. The summed E-state index contributed by atoms with van der Waals surface area (Å²) in [6.07, 6.45) is 2.86. The number of carbonyl (C=O) groups is 1. The fourth-order valence-corrected chi connectivity index (χ4v) is 1.84. The van der Waals surface area contributed by atoms with E-state index in [1.54, 1.807) is 0 Å². The van der Waals surface area contributed by atoms with Gasteiger partial charge in [0.05, 0.1) is 5.54 Å². The van der Waals surface area contributed by atoms with Gasteiger partial charge in [0, 0.05) is 13.0 Å². The van der Waals surface area contributed by atoms with E-state index in [0.717, 1.165) is 32.4 Å². The van der Waals surface area contributed by atoms with Gasteiger partial charge in [-0.1, -0.05) is 0 Å². The average molecular weight is 140 g/mol. The molecule has 1 atom stereocenters. The molecule has 10 heavy (non-hydrogen) atoms. The minimum Gasteiger partial charge on any atom is -0.349 e. The zero-order chi connectivity index (χ0) is 7.03. The number of nitrogens with one attached hydrogen (secondary N) is 2. The lowest BCUT2D eigenvalue weighted by atomic mass is 9.97. The van der Waals surface area contributed by atoms with Crippen LogP contribution in [0.5, 0.6) is 0 Å². The molecule has 2 aliphatic rings. The average Bonchev–Trinajstić information content (AvgIpc) is 2.46. The lowest BCUT2D eigenvalue weighted by molar-refractivity contribution is -0.119. The van der Waals surface area contributed by atoms with Crippen molar-refractivity contribution in [3.05, 3.63) is 0 Å². The summed E-state index contributed by atoms with van der Waals surface area (Å²) in [5, 5.41) is 6.29. The van der Waals surface area contributed by atoms with Crippen molar-refractivity contribution in [3.63, 3.8) is 0 Å². The standard InChI is InChI=1S/C7H12N2O/c10-6-1-2-7(9-6)3-4-8-5-7/h8H,1-5H2,(H,9,10)/t7-/m1/s1. The third-order valence-electron chi connectivity index (χ3n) is 2.48. The van der Waals surface area contributed by atoms with Crippen molar-refractivity contribution in [2.24, 2.45) is 0 Å². The van der Waals surface area contributed by atoms with Crippen LogP contribution in [0.3, 0.4) is 0 Å². The molecule has 3 nitrogen and oxygen atoms in total. The van der Waals surface area contributed by atoms with Gasteiger partial charge in [-0.2, -0.15) is 0 Å². The lowest BCUT2D eigenvalue weighted by Crippen LogP contribution is -2.43. The number of rotatable bonds is 0. The highest BCUT2D eigenvalue weighted by molar-refractivity contribution is 5.79. The van der Waals surface area contributed by atoms with Crippen molar-refractivity contribution in [1.29, 1.82) is 0 Å². The van der Waals surface area contributed by atoms with Gasteiger partial charge in [0.25, 0.3) is 0 Å². The lowest BCUT2D eigenvalue weighted by Gasteiger charge is -2.20. The van der Waals surface area contributed by atoms with Crippen LogP contribution in [0.25, 0.3) is 0 Å². The maximum absolute atomic E-state index is 10.9. The fraction of sp³-hybridized carbons (Fsp3) is 0.857. The molecule has 0 aliphatic carbocycles. The summed E-state index contributed by atoms with van der Waals surface area (Å²) in [4.78, 5) is 10.9. The topological polar surface area (TPSA) is 41.1 Å². The molecule has 0 unspecified atom stereocenters. The second-order valence-corrected chi connectivity index (χ2v) is 3.26. The second-order valence-electron chi connectivity index (χ2n) is 3.26. The molecular formula is C7H12N2O. The molecule has 3 heteroatoms. The van der Waals surface area contributed by atoms with E-state index in [-0.39, 0.29) is 11.4 Å². The van der Waals surface area contributed by atoms with Crippen molar-refractivity contribution >= 4 is 5.91 Å². The first-order valence-corrected chi connectivity index (χ1v) is 3.83. The highest BCUT2D eigenvalue weighted by Crippen LogP contribution is 2.25. The van der Waals surface area contributed by atoms with Crippen LogP contribution in [0.1, 0.15) is 19.3 Å². The van der Waals surface area contributed by atoms with Crippen LogP contribution >= 0.6 is 0 Å². The third-order valence-corrected chi connectivity index (χ3v) is 2.48. The summed E-state index contributed by atoms with van der Waals surface area (Å²) in [5.41, 5.74) is 0.150. The van der Waals surface area contributed by atoms with Gasteiger partial charge in [-0.05, 0) is 19.4 Å². The summed E-state index contributed by atoms with van der Waals surface area (Å²) in [6.45, 7) is 2.03. The van der Waals surface area contributed by atoms with E-state index in [2.05, 4.69) is 10.6 Å². The molecular weight excluding hydrogens is 128 g/mol. The van der Waals surface area contributed by atoms with Crippen LogP contribution < -0.4 is 10.6 Å². The number of amides is 1. The molecule has 56 valence electrons. The first-order valence-electron chi connectivity index (χ1n) is 3.83. The smallest absolute Gasteiger partial charge is 0.220 e. The third kappa shape index (κ3) is 0.814. The van der Waals surface area contributed by atoms with E-state index < -0.39 is 0 Å². The molecule has 0 radical (unpaired) electrons. The highest BCUT2D eigenvalue weighted by atomic mass is 16.2. The quantitative estimate of drug-likeness (QED) is 0.482. The summed E-state index contributed by atoms with van der Waals surface area (Å²) in [6, 6.07) is 0. The van der Waals surface area contributed by atoms with Crippen LogP contribution in [-0.2, 0) is 4.79 Å². The second kappa shape index (κ2) is 1.95. The molecule has 2 heterocycles. The van der Waals surface area contributed by atoms with Crippen LogP contribution in [0.4, 0.5) is 0 Å². The predicted octanol–water partition coefficient (Wildman–Crippen LogP) is -0.372. The Hall–Kier alpha value is -0.570. The highest BCUT2D eigenvalue weighted by Gasteiger charge is 2.39. The molecule has 0 aromatic carbocycles. The van der Waals surface area contributed by atoms with Gasteiger partial charge in [0.1, 0.15) is 0 Å². The number of hydrogen-bond acceptors (Lipinski definition) is 2. The van der Waals surface area contributed by atoms with Gasteiger partial charge in [0.2, 0.25) is 5.91 Å². The number of hydrogen-bond donors (Lipinski definition) is 2. The van der Waals surface area contributed by atoms with E-state index in [0.29, 0.717) is 0 Å². The largest absolute Gasteiger partial charge is 0.349 e. The van der Waals surface area contributed by atoms with Crippen molar-refractivity contribution in [1.82, 2.24) is 10.6 Å². The Morgan fingerprint density at radius 3 is 2.80 bits per heavy atom. The molecule has 1 spiro atoms. The minimum atomic E-state index is 0.150. The minimum absolute atomic E-state index is 0.150. The van der Waals surface area contributed by atoms with Crippen molar-refractivity contribution in [2.45, 2.75) is 24.8 Å². The molecule has 0 aromatic heterocycles. The van der Waals surface area contributed by atoms with Gasteiger partial charge < -0.3 is 10.6 Å². The first-order chi connectivity index (χ1) is 4.81. The van der Waals surface area contributed by atoms with E-state index in [1.165, 1.54) is 0 Å². The maximum atomic E-state index is 10.9. The summed E-state index contributed by atoms with van der Waals surface area (Å²) in [5.74, 6) is 0.226. The fourth-order valence-electron chi connectivity index (χ4n) is 1.84. The van der Waals surface area contributed by atoms with Crippen LogP contribution in [0.15, 0.2) is 0 Å². The Balaban J connectivity index is 2.09. The van der Waals surface area contributed by atoms with Crippen LogP contribution in [0.2, 0.25) is 0 Å². The van der Waals surface area contributed by atoms with E-state index >= 15 is 0 Å². The molecule has 0 saturated carbocycles. The van der Waals surface area contributed by atoms with Crippen molar-refractivity contribution < 1.29 is 4.79 Å². The molecule has 2 aliphatic heterocycles. The van der Waals surface area contributed by atoms with Crippen molar-refractivity contribution in [2.75, 3.05) is 13.1 Å². The summed E-state index contributed by atoms with van der Waals surface area (Å²) in [7, 11) is 0. The molecule has 2 fully saturated rings. The van der Waals surface area contributed by atoms with Gasteiger partial charge in [-0.15, -0.1) is 0 Å². The van der Waals surface area contributed by atoms with Crippen molar-refractivity contribution in [3.8, 4) is 0 Å². The molecule has 0 aromatic rings. The monoisotopic (exact) mass is 140 g/mol. The zero-order valence-corrected chi connectivity index (χ0v) is 5.94. The Morgan fingerprint density at radius 1 is 1.40 bits per heavy atom. The summed E-state index contributed by atoms with van der Waals surface area (Å²) >= 11 is 0. The maximum Gasteiger partial charge on any atom is 0.220 e. The first kappa shape index (κ1) is 6.16. The molecule has 2 N–H and O–H groups in total.